The van der Waals surface area contributed by atoms with Crippen LogP contribution in [0, 0.1) is 0 Å². The van der Waals surface area contributed by atoms with E-state index in [-0.39, 0.29) is 0 Å². The van der Waals surface area contributed by atoms with Crippen LogP contribution >= 0.6 is 31.9 Å². The first-order valence-electron chi connectivity index (χ1n) is 4.78. The van der Waals surface area contributed by atoms with Gasteiger partial charge in [-0.25, -0.2) is 4.68 Å². The Hall–Kier alpha value is -1.22. The molecule has 0 atom stereocenters. The molecule has 1 heterocycles. The minimum absolute atomic E-state index is 0.469. The zero-order valence-corrected chi connectivity index (χ0v) is 12.1. The van der Waals surface area contributed by atoms with Crippen LogP contribution in [0.3, 0.4) is 0 Å². The molecule has 0 aliphatic rings. The van der Waals surface area contributed by atoms with Crippen molar-refractivity contribution in [3.05, 3.63) is 39.0 Å². The Morgan fingerprint density at radius 2 is 1.95 bits per heavy atom. The molecule has 2 rings (SSSR count). The Kier molecular flexibility index (Phi) is 3.77. The number of rotatable bonds is 2. The number of carbonyl (C=O) groups excluding carboxylic acids is 1. The number of hydrogen-bond acceptors (Lipinski definition) is 3. The third kappa shape index (κ3) is 3.03. The van der Waals surface area contributed by atoms with Gasteiger partial charge in [0, 0.05) is 8.95 Å². The molecule has 0 amide bonds. The van der Waals surface area contributed by atoms with Gasteiger partial charge >= 0.3 is 6.18 Å². The van der Waals surface area contributed by atoms with Crippen molar-refractivity contribution in [1.29, 1.82) is 0 Å². The zero-order valence-electron chi connectivity index (χ0n) is 8.95. The van der Waals surface area contributed by atoms with Crippen LogP contribution in [0.2, 0.25) is 0 Å². The van der Waals surface area contributed by atoms with E-state index in [1.54, 1.807) is 18.2 Å². The summed E-state index contributed by atoms with van der Waals surface area (Å²) in [7, 11) is 0. The molecule has 0 unspecified atom stereocenters. The summed E-state index contributed by atoms with van der Waals surface area (Å²) >= 11 is 6.49. The molecule has 100 valence electrons. The number of benzene rings is 1. The van der Waals surface area contributed by atoms with Crippen molar-refractivity contribution in [2.24, 2.45) is 0 Å². The molecule has 0 radical (unpaired) electrons. The maximum Gasteiger partial charge on any atom is 0.456 e. The van der Waals surface area contributed by atoms with Gasteiger partial charge < -0.3 is 0 Å². The minimum Gasteiger partial charge on any atom is -0.282 e. The van der Waals surface area contributed by atoms with Gasteiger partial charge in [-0.3, -0.25) is 4.79 Å². The van der Waals surface area contributed by atoms with E-state index in [0.29, 0.717) is 10.2 Å². The summed E-state index contributed by atoms with van der Waals surface area (Å²) in [5.41, 5.74) is -0.278. The summed E-state index contributed by atoms with van der Waals surface area (Å²) in [6.45, 7) is 0. The van der Waals surface area contributed by atoms with E-state index in [0.717, 1.165) is 15.4 Å². The van der Waals surface area contributed by atoms with E-state index in [2.05, 4.69) is 42.2 Å². The summed E-state index contributed by atoms with van der Waals surface area (Å²) in [6, 6.07) is 5.00. The lowest BCUT2D eigenvalue weighted by molar-refractivity contribution is -0.0888. The molecule has 0 saturated carbocycles. The van der Waals surface area contributed by atoms with E-state index < -0.39 is 17.7 Å². The Morgan fingerprint density at radius 1 is 1.26 bits per heavy atom. The molecular weight excluding hydrogens is 395 g/mol. The van der Waals surface area contributed by atoms with E-state index in [4.69, 9.17) is 0 Å². The fourth-order valence-corrected chi connectivity index (χ4v) is 2.53. The fraction of sp³-hybridized carbons (Fsp3) is 0.100. The number of alkyl halides is 3. The van der Waals surface area contributed by atoms with E-state index >= 15 is 0 Å². The van der Waals surface area contributed by atoms with Crippen LogP contribution in [0.15, 0.2) is 33.3 Å². The SMILES string of the molecule is O=C(c1cn(-c2ccc(Br)cc2Br)nn1)C(F)(F)F. The number of ketones is 1. The topological polar surface area (TPSA) is 47.8 Å². The van der Waals surface area contributed by atoms with Crippen molar-refractivity contribution in [2.75, 3.05) is 0 Å². The molecule has 9 heteroatoms. The van der Waals surface area contributed by atoms with Crippen molar-refractivity contribution < 1.29 is 18.0 Å². The lowest BCUT2D eigenvalue weighted by Crippen LogP contribution is -2.23. The molecule has 1 aromatic heterocycles. The van der Waals surface area contributed by atoms with Crippen LogP contribution < -0.4 is 0 Å². The van der Waals surface area contributed by atoms with Crippen molar-refractivity contribution in [3.8, 4) is 5.69 Å². The van der Waals surface area contributed by atoms with E-state index in [9.17, 15) is 18.0 Å². The Bertz CT molecular complexity index is 639. The normalized spacial score (nSPS) is 11.6. The van der Waals surface area contributed by atoms with Crippen LogP contribution in [0.5, 0.6) is 0 Å². The second-order valence-corrected chi connectivity index (χ2v) is 5.24. The predicted molar refractivity (Wildman–Crippen MR) is 67.1 cm³/mol. The first kappa shape index (κ1) is 14.2. The zero-order chi connectivity index (χ0) is 14.2. The smallest absolute Gasteiger partial charge is 0.282 e. The first-order chi connectivity index (χ1) is 8.79. The molecule has 0 fully saturated rings. The standard InChI is InChI=1S/C10H4Br2F3N3O/c11-5-1-2-8(6(12)3-5)18-4-7(16-17-18)9(19)10(13,14)15/h1-4H. The highest BCUT2D eigenvalue weighted by Gasteiger charge is 2.41. The van der Waals surface area contributed by atoms with Crippen LogP contribution in [0.4, 0.5) is 13.2 Å². The lowest BCUT2D eigenvalue weighted by atomic mass is 10.3. The van der Waals surface area contributed by atoms with Gasteiger partial charge in [0.05, 0.1) is 11.9 Å². The second kappa shape index (κ2) is 5.04. The summed E-state index contributed by atoms with van der Waals surface area (Å²) in [4.78, 5) is 11.0. The number of halogens is 5. The third-order valence-corrected chi connectivity index (χ3v) is 3.27. The van der Waals surface area contributed by atoms with Gasteiger partial charge in [-0.05, 0) is 34.1 Å². The summed E-state index contributed by atoms with van der Waals surface area (Å²) in [5.74, 6) is -2.02. The first-order valence-corrected chi connectivity index (χ1v) is 6.37. The van der Waals surface area contributed by atoms with Crippen molar-refractivity contribution in [3.63, 3.8) is 0 Å². The highest BCUT2D eigenvalue weighted by molar-refractivity contribution is 9.11. The molecule has 19 heavy (non-hydrogen) atoms. The molecule has 2 aromatic rings. The molecule has 1 aromatic carbocycles. The molecule has 0 spiro atoms. The summed E-state index contributed by atoms with van der Waals surface area (Å²) < 4.78 is 39.2. The van der Waals surface area contributed by atoms with Gasteiger partial charge in [0.25, 0.3) is 5.78 Å². The third-order valence-electron chi connectivity index (χ3n) is 2.14. The van der Waals surface area contributed by atoms with E-state index in [1.165, 1.54) is 0 Å². The Labute approximate surface area is 121 Å². The van der Waals surface area contributed by atoms with Gasteiger partial charge in [0.15, 0.2) is 5.69 Å². The monoisotopic (exact) mass is 397 g/mol. The highest BCUT2D eigenvalue weighted by atomic mass is 79.9. The molecule has 0 saturated heterocycles. The van der Waals surface area contributed by atoms with Crippen molar-refractivity contribution in [2.45, 2.75) is 6.18 Å². The Morgan fingerprint density at radius 3 is 2.53 bits per heavy atom. The number of carbonyl (C=O) groups is 1. The fourth-order valence-electron chi connectivity index (χ4n) is 1.30. The van der Waals surface area contributed by atoms with Crippen LogP contribution in [-0.2, 0) is 0 Å². The molecular formula is C10H4Br2F3N3O. The lowest BCUT2D eigenvalue weighted by Gasteiger charge is -2.03. The maximum absolute atomic E-state index is 12.2. The summed E-state index contributed by atoms with van der Waals surface area (Å²) in [6.07, 6.45) is -4.03. The van der Waals surface area contributed by atoms with Gasteiger partial charge in [0.2, 0.25) is 0 Å². The average Bonchev–Trinajstić information content (AvgIpc) is 2.75. The second-order valence-electron chi connectivity index (χ2n) is 3.47. The number of nitrogens with zero attached hydrogens (tertiary/aromatic N) is 3. The van der Waals surface area contributed by atoms with Crippen LogP contribution in [0.1, 0.15) is 10.5 Å². The quantitative estimate of drug-likeness (QED) is 0.727. The minimum atomic E-state index is -4.96. The van der Waals surface area contributed by atoms with Gasteiger partial charge in [-0.15, -0.1) is 5.10 Å². The van der Waals surface area contributed by atoms with Crippen LogP contribution in [0.25, 0.3) is 5.69 Å². The highest BCUT2D eigenvalue weighted by Crippen LogP contribution is 2.25. The molecule has 0 aliphatic carbocycles. The van der Waals surface area contributed by atoms with Gasteiger partial charge in [0.1, 0.15) is 0 Å². The Balaban J connectivity index is 2.39. The van der Waals surface area contributed by atoms with E-state index in [1.807, 2.05) is 0 Å². The van der Waals surface area contributed by atoms with Crippen molar-refractivity contribution >= 4 is 37.6 Å². The number of Topliss-reactive ketones (excluding diaryl/α,β-unsaturated/α-hetero) is 1. The largest absolute Gasteiger partial charge is 0.456 e. The van der Waals surface area contributed by atoms with Gasteiger partial charge in [-0.2, -0.15) is 13.2 Å². The van der Waals surface area contributed by atoms with Crippen molar-refractivity contribution in [1.82, 2.24) is 15.0 Å². The number of aromatic nitrogens is 3. The summed E-state index contributed by atoms with van der Waals surface area (Å²) in [5, 5.41) is 6.75. The number of hydrogen-bond donors (Lipinski definition) is 0. The van der Waals surface area contributed by atoms with Gasteiger partial charge in [-0.1, -0.05) is 21.1 Å². The molecule has 0 bridgehead atoms. The average molecular weight is 399 g/mol. The molecule has 4 nitrogen and oxygen atoms in total. The van der Waals surface area contributed by atoms with Crippen LogP contribution in [-0.4, -0.2) is 27.0 Å². The predicted octanol–water partition coefficient (Wildman–Crippen LogP) is 3.54. The maximum atomic E-state index is 12.2. The molecule has 0 N–H and O–H groups in total. The molecule has 0 aliphatic heterocycles.